The fourth-order valence-corrected chi connectivity index (χ4v) is 2.84. The van der Waals surface area contributed by atoms with Crippen LogP contribution in [0.3, 0.4) is 0 Å². The number of hydrogen-bond acceptors (Lipinski definition) is 6. The highest BCUT2D eigenvalue weighted by atomic mass is 16.5. The van der Waals surface area contributed by atoms with Gasteiger partial charge < -0.3 is 10.3 Å². The number of amides is 1. The summed E-state index contributed by atoms with van der Waals surface area (Å²) in [6, 6.07) is 0.0372. The lowest BCUT2D eigenvalue weighted by Crippen LogP contribution is -2.23. The van der Waals surface area contributed by atoms with Crippen LogP contribution in [0.15, 0.2) is 16.9 Å². The molecule has 0 spiro atoms. The normalized spacial score (nSPS) is 18.9. The van der Waals surface area contributed by atoms with Crippen molar-refractivity contribution in [3.05, 3.63) is 29.7 Å². The molecular formula is C14H20N6O2. The van der Waals surface area contributed by atoms with Crippen LogP contribution in [0.4, 0.5) is 0 Å². The Kier molecular flexibility index (Phi) is 4.19. The Balaban J connectivity index is 1.70. The molecular weight excluding hydrogens is 284 g/mol. The first-order valence-electron chi connectivity index (χ1n) is 7.56. The lowest BCUT2D eigenvalue weighted by molar-refractivity contribution is 0.0987. The van der Waals surface area contributed by atoms with Crippen LogP contribution in [0.2, 0.25) is 0 Å². The van der Waals surface area contributed by atoms with E-state index in [1.807, 2.05) is 10.9 Å². The van der Waals surface area contributed by atoms with E-state index in [1.165, 1.54) is 0 Å². The third-order valence-electron chi connectivity index (χ3n) is 3.84. The number of primary amides is 1. The zero-order valence-electron chi connectivity index (χ0n) is 12.6. The fraction of sp³-hybridized carbons (Fsp3) is 0.571. The molecule has 1 fully saturated rings. The highest BCUT2D eigenvalue weighted by Crippen LogP contribution is 2.32. The highest BCUT2D eigenvalue weighted by Gasteiger charge is 2.31. The van der Waals surface area contributed by atoms with Gasteiger partial charge in [0.2, 0.25) is 5.89 Å². The summed E-state index contributed by atoms with van der Waals surface area (Å²) < 4.78 is 7.15. The minimum atomic E-state index is -0.666. The molecule has 1 amide bonds. The minimum Gasteiger partial charge on any atom is -0.363 e. The van der Waals surface area contributed by atoms with Gasteiger partial charge in [-0.25, -0.2) is 0 Å². The Morgan fingerprint density at radius 2 is 2.41 bits per heavy atom. The third-order valence-corrected chi connectivity index (χ3v) is 3.84. The van der Waals surface area contributed by atoms with Crippen LogP contribution in [-0.4, -0.2) is 37.3 Å². The van der Waals surface area contributed by atoms with Gasteiger partial charge in [-0.3, -0.25) is 14.4 Å². The van der Waals surface area contributed by atoms with Crippen molar-refractivity contribution < 1.29 is 9.32 Å². The number of carbonyl (C=O) groups excluding carboxylic acids is 1. The highest BCUT2D eigenvalue weighted by molar-refractivity contribution is 5.88. The van der Waals surface area contributed by atoms with Gasteiger partial charge in [0, 0.05) is 24.8 Å². The number of carbonyl (C=O) groups is 1. The van der Waals surface area contributed by atoms with Gasteiger partial charge in [-0.2, -0.15) is 10.1 Å². The van der Waals surface area contributed by atoms with E-state index in [0.29, 0.717) is 5.89 Å². The van der Waals surface area contributed by atoms with Crippen LogP contribution in [0, 0.1) is 0 Å². The molecule has 3 heterocycles. The number of rotatable bonds is 6. The van der Waals surface area contributed by atoms with Crippen molar-refractivity contribution in [3.8, 4) is 0 Å². The Morgan fingerprint density at radius 1 is 1.55 bits per heavy atom. The predicted octanol–water partition coefficient (Wildman–Crippen LogP) is 1.11. The van der Waals surface area contributed by atoms with Crippen LogP contribution in [0.1, 0.15) is 54.3 Å². The van der Waals surface area contributed by atoms with Gasteiger partial charge in [0.1, 0.15) is 0 Å². The second kappa shape index (κ2) is 6.27. The average Bonchev–Trinajstić information content (AvgIpc) is 3.19. The lowest BCUT2D eigenvalue weighted by atomic mass is 10.2. The molecule has 118 valence electrons. The summed E-state index contributed by atoms with van der Waals surface area (Å²) >= 11 is 0. The SMILES string of the molecule is CCCn1cc(CN2CCCC2c2nc(C(N)=O)no2)cn1. The van der Waals surface area contributed by atoms with Crippen molar-refractivity contribution in [2.75, 3.05) is 6.54 Å². The van der Waals surface area contributed by atoms with Gasteiger partial charge in [-0.15, -0.1) is 0 Å². The van der Waals surface area contributed by atoms with E-state index >= 15 is 0 Å². The minimum absolute atomic E-state index is 0.0372. The quantitative estimate of drug-likeness (QED) is 0.857. The molecule has 22 heavy (non-hydrogen) atoms. The molecule has 3 rings (SSSR count). The molecule has 1 aliphatic rings. The molecule has 1 saturated heterocycles. The van der Waals surface area contributed by atoms with E-state index in [2.05, 4.69) is 33.3 Å². The standard InChI is InChI=1S/C14H20N6O2/c1-2-5-20-9-10(7-16-20)8-19-6-3-4-11(19)14-17-13(12(15)21)18-22-14/h7,9,11H,2-6,8H2,1H3,(H2,15,21). The Morgan fingerprint density at radius 3 is 3.14 bits per heavy atom. The van der Waals surface area contributed by atoms with Crippen molar-refractivity contribution in [1.29, 1.82) is 0 Å². The third kappa shape index (κ3) is 3.01. The molecule has 1 atom stereocenters. The fourth-order valence-electron chi connectivity index (χ4n) is 2.84. The second-order valence-corrected chi connectivity index (χ2v) is 5.56. The number of nitrogens with two attached hydrogens (primary N) is 1. The maximum absolute atomic E-state index is 11.1. The Bertz CT molecular complexity index is 649. The first-order valence-corrected chi connectivity index (χ1v) is 7.56. The lowest BCUT2D eigenvalue weighted by Gasteiger charge is -2.20. The number of aromatic nitrogens is 4. The van der Waals surface area contributed by atoms with Gasteiger partial charge in [0.25, 0.3) is 11.7 Å². The zero-order chi connectivity index (χ0) is 15.5. The molecule has 8 heteroatoms. The van der Waals surface area contributed by atoms with Gasteiger partial charge in [-0.1, -0.05) is 12.1 Å². The Hall–Kier alpha value is -2.22. The molecule has 0 saturated carbocycles. The molecule has 0 bridgehead atoms. The number of aryl methyl sites for hydroxylation is 1. The molecule has 8 nitrogen and oxygen atoms in total. The smallest absolute Gasteiger partial charge is 0.290 e. The summed E-state index contributed by atoms with van der Waals surface area (Å²) in [5.74, 6) is -0.259. The molecule has 2 N–H and O–H groups in total. The average molecular weight is 304 g/mol. The molecule has 0 radical (unpaired) electrons. The summed E-state index contributed by atoms with van der Waals surface area (Å²) in [6.07, 6.45) is 7.02. The summed E-state index contributed by atoms with van der Waals surface area (Å²) in [6.45, 7) is 4.79. The van der Waals surface area contributed by atoms with Gasteiger partial charge in [0.05, 0.1) is 12.2 Å². The van der Waals surface area contributed by atoms with Crippen LogP contribution < -0.4 is 5.73 Å². The van der Waals surface area contributed by atoms with E-state index in [4.69, 9.17) is 10.3 Å². The first-order chi connectivity index (χ1) is 10.7. The van der Waals surface area contributed by atoms with E-state index in [-0.39, 0.29) is 11.9 Å². The summed E-state index contributed by atoms with van der Waals surface area (Å²) in [4.78, 5) is 17.5. The van der Waals surface area contributed by atoms with Crippen molar-refractivity contribution in [2.45, 2.75) is 45.3 Å². The number of nitrogens with zero attached hydrogens (tertiary/aromatic N) is 5. The van der Waals surface area contributed by atoms with Crippen molar-refractivity contribution >= 4 is 5.91 Å². The van der Waals surface area contributed by atoms with Crippen LogP contribution >= 0.6 is 0 Å². The Labute approximate surface area is 128 Å². The van der Waals surface area contributed by atoms with Crippen LogP contribution in [0.25, 0.3) is 0 Å². The molecule has 1 unspecified atom stereocenters. The number of hydrogen-bond donors (Lipinski definition) is 1. The van der Waals surface area contributed by atoms with Crippen LogP contribution in [-0.2, 0) is 13.1 Å². The molecule has 2 aromatic heterocycles. The molecule has 0 aromatic carbocycles. The molecule has 1 aliphatic heterocycles. The predicted molar refractivity (Wildman–Crippen MR) is 77.7 cm³/mol. The monoisotopic (exact) mass is 304 g/mol. The van der Waals surface area contributed by atoms with E-state index < -0.39 is 5.91 Å². The van der Waals surface area contributed by atoms with Gasteiger partial charge in [-0.05, 0) is 25.8 Å². The molecule has 2 aromatic rings. The van der Waals surface area contributed by atoms with E-state index in [0.717, 1.165) is 44.5 Å². The summed E-state index contributed by atoms with van der Waals surface area (Å²) in [5.41, 5.74) is 6.33. The second-order valence-electron chi connectivity index (χ2n) is 5.56. The van der Waals surface area contributed by atoms with Crippen molar-refractivity contribution in [1.82, 2.24) is 24.8 Å². The molecule has 0 aliphatic carbocycles. The maximum atomic E-state index is 11.1. The summed E-state index contributed by atoms with van der Waals surface area (Å²) in [7, 11) is 0. The van der Waals surface area contributed by atoms with Crippen molar-refractivity contribution in [3.63, 3.8) is 0 Å². The largest absolute Gasteiger partial charge is 0.363 e. The topological polar surface area (TPSA) is 103 Å². The van der Waals surface area contributed by atoms with E-state index in [1.54, 1.807) is 0 Å². The first kappa shape index (κ1) is 14.7. The van der Waals surface area contributed by atoms with Crippen LogP contribution in [0.5, 0.6) is 0 Å². The van der Waals surface area contributed by atoms with Crippen molar-refractivity contribution in [2.24, 2.45) is 5.73 Å². The summed E-state index contributed by atoms with van der Waals surface area (Å²) in [5, 5.41) is 7.98. The number of likely N-dealkylation sites (tertiary alicyclic amines) is 1. The van der Waals surface area contributed by atoms with E-state index in [9.17, 15) is 4.79 Å². The zero-order valence-corrected chi connectivity index (χ0v) is 12.6. The van der Waals surface area contributed by atoms with Gasteiger partial charge in [0.15, 0.2) is 0 Å². The van der Waals surface area contributed by atoms with Gasteiger partial charge >= 0.3 is 0 Å². The maximum Gasteiger partial charge on any atom is 0.290 e.